The van der Waals surface area contributed by atoms with Crippen molar-refractivity contribution in [3.8, 4) is 0 Å². The zero-order valence-corrected chi connectivity index (χ0v) is 9.23. The maximum atomic E-state index is 12.5. The molecule has 2 aromatic rings. The topological polar surface area (TPSA) is 60.0 Å². The van der Waals surface area contributed by atoms with Crippen LogP contribution in [0, 0.1) is 5.21 Å². The van der Waals surface area contributed by atoms with Crippen molar-refractivity contribution in [3.63, 3.8) is 0 Å². The molecule has 6 heteroatoms. The largest absolute Gasteiger partial charge is 0.761 e. The van der Waals surface area contributed by atoms with Crippen molar-refractivity contribution in [1.29, 1.82) is 0 Å². The Hall–Kier alpha value is -2.21. The maximum absolute atomic E-state index is 12.5. The van der Waals surface area contributed by atoms with E-state index in [0.717, 1.165) is 0 Å². The third-order valence-corrected chi connectivity index (χ3v) is 2.29. The van der Waals surface area contributed by atoms with Crippen LogP contribution in [0.15, 0.2) is 42.6 Å². The first kappa shape index (κ1) is 12.3. The molecule has 0 amide bonds. The smallest absolute Gasteiger partial charge is 0.263 e. The van der Waals surface area contributed by atoms with Gasteiger partial charge in [0.15, 0.2) is 0 Å². The summed E-state index contributed by atoms with van der Waals surface area (Å²) in [5.74, 6) is 0.405. The number of hydrogen-bond donors (Lipinski definition) is 2. The molecule has 0 radical (unpaired) electrons. The predicted molar refractivity (Wildman–Crippen MR) is 65.9 cm³/mol. The molecule has 1 aromatic carbocycles. The Morgan fingerprint density at radius 3 is 2.67 bits per heavy atom. The molecule has 1 heterocycles. The molecule has 0 atom stereocenters. The van der Waals surface area contributed by atoms with Gasteiger partial charge in [-0.25, -0.2) is 13.8 Å². The highest BCUT2D eigenvalue weighted by molar-refractivity contribution is 5.61. The zero-order valence-electron chi connectivity index (χ0n) is 9.23. The van der Waals surface area contributed by atoms with Gasteiger partial charge in [-0.3, -0.25) is 0 Å². The Morgan fingerprint density at radius 1 is 1.11 bits per heavy atom. The quantitative estimate of drug-likeness (QED) is 0.813. The molecule has 0 unspecified atom stereocenters. The summed E-state index contributed by atoms with van der Waals surface area (Å²) in [5.41, 5.74) is 2.50. The Bertz CT molecular complexity index is 534. The fraction of sp³-hybridized carbons (Fsp3) is 0.0833. The van der Waals surface area contributed by atoms with E-state index >= 15 is 0 Å². The SMILES string of the molecule is [O-]Nc1ccnc(Nc2cccc(C(F)F)c2)c1. The Morgan fingerprint density at radius 2 is 1.94 bits per heavy atom. The molecule has 0 aliphatic rings. The molecule has 0 aliphatic carbocycles. The molecule has 0 spiro atoms. The number of nitrogens with zero attached hydrogens (tertiary/aromatic N) is 1. The molecule has 94 valence electrons. The van der Waals surface area contributed by atoms with Crippen LogP contribution in [0.4, 0.5) is 26.0 Å². The lowest BCUT2D eigenvalue weighted by Crippen LogP contribution is -1.96. The van der Waals surface area contributed by atoms with Gasteiger partial charge < -0.3 is 16.0 Å². The number of alkyl halides is 2. The Kier molecular flexibility index (Phi) is 3.69. The first-order valence-corrected chi connectivity index (χ1v) is 5.18. The Labute approximate surface area is 102 Å². The minimum Gasteiger partial charge on any atom is -0.761 e. The molecule has 0 saturated carbocycles. The molecule has 2 rings (SSSR count). The van der Waals surface area contributed by atoms with Crippen molar-refractivity contribution in [2.24, 2.45) is 0 Å². The number of rotatable bonds is 4. The number of halogens is 2. The van der Waals surface area contributed by atoms with E-state index in [9.17, 15) is 14.0 Å². The third kappa shape index (κ3) is 2.92. The number of nitrogens with one attached hydrogen (secondary N) is 2. The molecule has 1 aromatic heterocycles. The molecule has 18 heavy (non-hydrogen) atoms. The van der Waals surface area contributed by atoms with Gasteiger partial charge in [0.25, 0.3) is 6.43 Å². The summed E-state index contributed by atoms with van der Waals surface area (Å²) in [5, 5.41) is 13.3. The molecule has 0 fully saturated rings. The highest BCUT2D eigenvalue weighted by atomic mass is 19.3. The van der Waals surface area contributed by atoms with Gasteiger partial charge in [0.2, 0.25) is 0 Å². The van der Waals surface area contributed by atoms with E-state index < -0.39 is 6.43 Å². The van der Waals surface area contributed by atoms with Crippen LogP contribution in [0.3, 0.4) is 0 Å². The Balaban J connectivity index is 2.20. The lowest BCUT2D eigenvalue weighted by Gasteiger charge is -2.11. The van der Waals surface area contributed by atoms with E-state index in [1.54, 1.807) is 11.5 Å². The van der Waals surface area contributed by atoms with Crippen molar-refractivity contribution in [3.05, 3.63) is 53.4 Å². The van der Waals surface area contributed by atoms with Crippen LogP contribution < -0.4 is 10.8 Å². The van der Waals surface area contributed by atoms with Crippen molar-refractivity contribution in [2.45, 2.75) is 6.43 Å². The molecular weight excluding hydrogens is 240 g/mol. The fourth-order valence-electron chi connectivity index (χ4n) is 1.46. The summed E-state index contributed by atoms with van der Waals surface area (Å²) in [6.07, 6.45) is -1.08. The van der Waals surface area contributed by atoms with Crippen LogP contribution in [0.5, 0.6) is 0 Å². The monoisotopic (exact) mass is 250 g/mol. The first-order valence-electron chi connectivity index (χ1n) is 5.18. The number of benzene rings is 1. The summed E-state index contributed by atoms with van der Waals surface area (Å²) in [7, 11) is 0. The summed E-state index contributed by atoms with van der Waals surface area (Å²) in [6, 6.07) is 8.85. The van der Waals surface area contributed by atoms with Gasteiger partial charge in [-0.05, 0) is 18.2 Å². The van der Waals surface area contributed by atoms with Crippen molar-refractivity contribution in [2.75, 3.05) is 10.8 Å². The summed E-state index contributed by atoms with van der Waals surface area (Å²) in [6.45, 7) is 0. The number of anilines is 3. The molecule has 0 bridgehead atoms. The number of aromatic nitrogens is 1. The molecule has 0 saturated heterocycles. The van der Waals surface area contributed by atoms with Crippen LogP contribution in [0.1, 0.15) is 12.0 Å². The maximum Gasteiger partial charge on any atom is 0.263 e. The lowest BCUT2D eigenvalue weighted by molar-refractivity contribution is 0.151. The van der Waals surface area contributed by atoms with Gasteiger partial charge in [0.05, 0.1) is 0 Å². The zero-order chi connectivity index (χ0) is 13.0. The summed E-state index contributed by atoms with van der Waals surface area (Å²) >= 11 is 0. The average molecular weight is 250 g/mol. The minimum absolute atomic E-state index is 0.0712. The van der Waals surface area contributed by atoms with E-state index in [4.69, 9.17) is 0 Å². The molecular formula is C12H10F2N3O-. The van der Waals surface area contributed by atoms with Crippen molar-refractivity contribution in [1.82, 2.24) is 4.98 Å². The van der Waals surface area contributed by atoms with Gasteiger partial charge in [-0.15, -0.1) is 0 Å². The normalized spacial score (nSPS) is 10.4. The van der Waals surface area contributed by atoms with Crippen LogP contribution in [-0.4, -0.2) is 4.98 Å². The van der Waals surface area contributed by atoms with Gasteiger partial charge in [0, 0.05) is 29.2 Å². The van der Waals surface area contributed by atoms with Gasteiger partial charge in [-0.1, -0.05) is 12.1 Å². The highest BCUT2D eigenvalue weighted by Gasteiger charge is 2.07. The molecule has 0 aliphatic heterocycles. The minimum atomic E-state index is -2.52. The first-order chi connectivity index (χ1) is 8.69. The second kappa shape index (κ2) is 5.42. The third-order valence-electron chi connectivity index (χ3n) is 2.29. The number of hydrogen-bond acceptors (Lipinski definition) is 4. The van der Waals surface area contributed by atoms with Crippen molar-refractivity contribution < 1.29 is 8.78 Å². The van der Waals surface area contributed by atoms with E-state index in [0.29, 0.717) is 17.2 Å². The highest BCUT2D eigenvalue weighted by Crippen LogP contribution is 2.24. The molecule has 4 nitrogen and oxygen atoms in total. The van der Waals surface area contributed by atoms with E-state index in [2.05, 4.69) is 10.3 Å². The summed E-state index contributed by atoms with van der Waals surface area (Å²) in [4.78, 5) is 3.98. The summed E-state index contributed by atoms with van der Waals surface area (Å²) < 4.78 is 25.0. The second-order valence-corrected chi connectivity index (χ2v) is 3.58. The predicted octanol–water partition coefficient (Wildman–Crippen LogP) is 3.67. The van der Waals surface area contributed by atoms with Gasteiger partial charge in [0.1, 0.15) is 5.82 Å². The van der Waals surface area contributed by atoms with Crippen molar-refractivity contribution >= 4 is 17.2 Å². The van der Waals surface area contributed by atoms with Crippen LogP contribution >= 0.6 is 0 Å². The van der Waals surface area contributed by atoms with Crippen LogP contribution in [-0.2, 0) is 0 Å². The number of pyridine rings is 1. The van der Waals surface area contributed by atoms with Crippen LogP contribution in [0.25, 0.3) is 0 Å². The fourth-order valence-corrected chi connectivity index (χ4v) is 1.46. The van der Waals surface area contributed by atoms with Gasteiger partial charge >= 0.3 is 0 Å². The lowest BCUT2D eigenvalue weighted by atomic mass is 10.2. The van der Waals surface area contributed by atoms with E-state index in [1.165, 1.54) is 36.5 Å². The molecule has 2 N–H and O–H groups in total. The van der Waals surface area contributed by atoms with E-state index in [-0.39, 0.29) is 5.56 Å². The average Bonchev–Trinajstić information content (AvgIpc) is 2.39. The van der Waals surface area contributed by atoms with Crippen LogP contribution in [0.2, 0.25) is 0 Å². The standard InChI is InChI=1S/C12H10F2N3O/c13-12(14)8-2-1-3-9(6-8)16-11-7-10(17-18)4-5-15-11/h1-7,12H,(H2-,15,16,17,18)/q-1. The second-order valence-electron chi connectivity index (χ2n) is 3.58. The van der Waals surface area contributed by atoms with Gasteiger partial charge in [-0.2, -0.15) is 0 Å². The van der Waals surface area contributed by atoms with E-state index in [1.807, 2.05) is 0 Å².